The van der Waals surface area contributed by atoms with Gasteiger partial charge in [0.25, 0.3) is 0 Å². The summed E-state index contributed by atoms with van der Waals surface area (Å²) < 4.78 is 0. The highest BCUT2D eigenvalue weighted by molar-refractivity contribution is 4.70. The van der Waals surface area contributed by atoms with Crippen molar-refractivity contribution >= 4 is 0 Å². The number of hydrogen-bond donors (Lipinski definition) is 0. The summed E-state index contributed by atoms with van der Waals surface area (Å²) >= 11 is 0. The quantitative estimate of drug-likeness (QED) is 0.0825. The van der Waals surface area contributed by atoms with Gasteiger partial charge in [0.2, 0.25) is 0 Å². The Morgan fingerprint density at radius 3 is 1.08 bits per heavy atom. The van der Waals surface area contributed by atoms with Crippen molar-refractivity contribution in [1.82, 2.24) is 14.7 Å². The van der Waals surface area contributed by atoms with E-state index < -0.39 is 0 Å². The van der Waals surface area contributed by atoms with Crippen LogP contribution in [0.5, 0.6) is 0 Å². The summed E-state index contributed by atoms with van der Waals surface area (Å²) in [6.45, 7) is 18.8. The van der Waals surface area contributed by atoms with Crippen LogP contribution in [0.4, 0.5) is 0 Å². The van der Waals surface area contributed by atoms with Crippen LogP contribution < -0.4 is 0 Å². The lowest BCUT2D eigenvalue weighted by Crippen LogP contribution is -2.41. The van der Waals surface area contributed by atoms with Gasteiger partial charge < -0.3 is 14.7 Å². The smallest absolute Gasteiger partial charge is 0.0110 e. The van der Waals surface area contributed by atoms with Crippen molar-refractivity contribution in [2.24, 2.45) is 0 Å². The number of rotatable bonds is 30. The second kappa shape index (κ2) is 29.4. The van der Waals surface area contributed by atoms with Gasteiger partial charge in [0.05, 0.1) is 0 Å². The predicted octanol–water partition coefficient (Wildman–Crippen LogP) is 10.3. The van der Waals surface area contributed by atoms with Gasteiger partial charge in [0, 0.05) is 26.2 Å². The van der Waals surface area contributed by atoms with Gasteiger partial charge in [0.1, 0.15) is 0 Å². The Labute approximate surface area is 248 Å². The molecule has 1 saturated heterocycles. The highest BCUT2D eigenvalue weighted by Gasteiger charge is 2.14. The summed E-state index contributed by atoms with van der Waals surface area (Å²) in [6, 6.07) is 0. The SMILES string of the molecule is CCCCCCCCCN(CCCCCCCCC)CCN(CCCCCCCCC)CCN1CCCCC1. The lowest BCUT2D eigenvalue weighted by atomic mass is 10.1. The number of piperidine rings is 1. The van der Waals surface area contributed by atoms with E-state index in [1.54, 1.807) is 0 Å². The molecule has 0 spiro atoms. The number of unbranched alkanes of at least 4 members (excludes halogenated alkanes) is 18. The summed E-state index contributed by atoms with van der Waals surface area (Å²) in [5.74, 6) is 0. The Morgan fingerprint density at radius 2 is 0.692 bits per heavy atom. The van der Waals surface area contributed by atoms with Crippen molar-refractivity contribution in [2.75, 3.05) is 58.9 Å². The topological polar surface area (TPSA) is 9.72 Å². The molecule has 3 nitrogen and oxygen atoms in total. The number of likely N-dealkylation sites (tertiary alicyclic amines) is 1. The highest BCUT2D eigenvalue weighted by Crippen LogP contribution is 2.13. The minimum Gasteiger partial charge on any atom is -0.302 e. The molecule has 1 rings (SSSR count). The second-order valence-corrected chi connectivity index (χ2v) is 12.9. The normalized spacial score (nSPS) is 14.7. The van der Waals surface area contributed by atoms with Crippen LogP contribution in [0.2, 0.25) is 0 Å². The summed E-state index contributed by atoms with van der Waals surface area (Å²) in [5.41, 5.74) is 0. The summed E-state index contributed by atoms with van der Waals surface area (Å²) in [6.07, 6.45) is 34.2. The van der Waals surface area contributed by atoms with Gasteiger partial charge in [-0.25, -0.2) is 0 Å². The molecule has 1 fully saturated rings. The summed E-state index contributed by atoms with van der Waals surface area (Å²) in [7, 11) is 0. The molecule has 39 heavy (non-hydrogen) atoms. The molecule has 234 valence electrons. The van der Waals surface area contributed by atoms with E-state index in [2.05, 4.69) is 35.5 Å². The van der Waals surface area contributed by atoms with Crippen LogP contribution >= 0.6 is 0 Å². The van der Waals surface area contributed by atoms with Crippen molar-refractivity contribution < 1.29 is 0 Å². The van der Waals surface area contributed by atoms with Gasteiger partial charge in [-0.05, 0) is 64.8 Å². The fraction of sp³-hybridized carbons (Fsp3) is 1.00. The zero-order valence-electron chi connectivity index (χ0n) is 27.7. The first-order valence-corrected chi connectivity index (χ1v) is 18.5. The summed E-state index contributed by atoms with van der Waals surface area (Å²) in [5, 5.41) is 0. The molecule has 0 atom stereocenters. The molecule has 1 aliphatic heterocycles. The van der Waals surface area contributed by atoms with Gasteiger partial charge in [0.15, 0.2) is 0 Å². The van der Waals surface area contributed by atoms with Crippen molar-refractivity contribution in [2.45, 2.75) is 175 Å². The molecule has 0 unspecified atom stereocenters. The van der Waals surface area contributed by atoms with E-state index in [9.17, 15) is 0 Å². The molecule has 0 bridgehead atoms. The Balaban J connectivity index is 2.45. The fourth-order valence-corrected chi connectivity index (χ4v) is 6.30. The monoisotopic (exact) mass is 550 g/mol. The van der Waals surface area contributed by atoms with Crippen molar-refractivity contribution in [3.63, 3.8) is 0 Å². The van der Waals surface area contributed by atoms with Crippen LogP contribution in [0.1, 0.15) is 175 Å². The van der Waals surface area contributed by atoms with E-state index in [0.717, 1.165) is 0 Å². The standard InChI is InChI=1S/C36H75N3/c1-4-7-10-13-16-19-23-28-37(29-24-20-17-14-11-8-5-2)33-35-39(32-25-21-18-15-12-9-6-3)36-34-38-30-26-22-27-31-38/h4-36H2,1-3H3. The van der Waals surface area contributed by atoms with Gasteiger partial charge in [-0.15, -0.1) is 0 Å². The summed E-state index contributed by atoms with van der Waals surface area (Å²) in [4.78, 5) is 8.45. The Bertz CT molecular complexity index is 444. The maximum absolute atomic E-state index is 2.86. The molecule has 0 aromatic rings. The molecule has 0 radical (unpaired) electrons. The molecule has 0 aromatic carbocycles. The third-order valence-electron chi connectivity index (χ3n) is 9.15. The van der Waals surface area contributed by atoms with Gasteiger partial charge >= 0.3 is 0 Å². The van der Waals surface area contributed by atoms with E-state index in [-0.39, 0.29) is 0 Å². The lowest BCUT2D eigenvalue weighted by Gasteiger charge is -2.31. The lowest BCUT2D eigenvalue weighted by molar-refractivity contribution is 0.159. The Morgan fingerprint density at radius 1 is 0.359 bits per heavy atom. The molecule has 1 aliphatic rings. The largest absolute Gasteiger partial charge is 0.302 e. The van der Waals surface area contributed by atoms with E-state index in [0.29, 0.717) is 0 Å². The van der Waals surface area contributed by atoms with Gasteiger partial charge in [-0.3, -0.25) is 0 Å². The Kier molecular flexibility index (Phi) is 27.8. The molecule has 0 aliphatic carbocycles. The van der Waals surface area contributed by atoms with Crippen LogP contribution in [0.25, 0.3) is 0 Å². The molecule has 3 heteroatoms. The molecule has 1 heterocycles. The first kappa shape index (κ1) is 36.9. The minimum atomic E-state index is 1.29. The number of hydrogen-bond acceptors (Lipinski definition) is 3. The van der Waals surface area contributed by atoms with Gasteiger partial charge in [-0.1, -0.05) is 143 Å². The Hall–Kier alpha value is -0.120. The fourth-order valence-electron chi connectivity index (χ4n) is 6.30. The highest BCUT2D eigenvalue weighted by atomic mass is 15.2. The average molecular weight is 550 g/mol. The molecule has 0 saturated carbocycles. The van der Waals surface area contributed by atoms with Crippen LogP contribution in [-0.2, 0) is 0 Å². The zero-order chi connectivity index (χ0) is 28.1. The first-order chi connectivity index (χ1) is 19.3. The molecular formula is C36H75N3. The number of nitrogens with zero attached hydrogens (tertiary/aromatic N) is 3. The first-order valence-electron chi connectivity index (χ1n) is 18.5. The van der Waals surface area contributed by atoms with E-state index in [1.165, 1.54) is 213 Å². The average Bonchev–Trinajstić information content (AvgIpc) is 2.96. The van der Waals surface area contributed by atoms with E-state index in [1.807, 2.05) is 0 Å². The van der Waals surface area contributed by atoms with Crippen LogP contribution in [0.15, 0.2) is 0 Å². The zero-order valence-corrected chi connectivity index (χ0v) is 27.7. The molecule has 0 N–H and O–H groups in total. The van der Waals surface area contributed by atoms with Crippen LogP contribution in [-0.4, -0.2) is 73.6 Å². The third-order valence-corrected chi connectivity index (χ3v) is 9.15. The third kappa shape index (κ3) is 24.2. The van der Waals surface area contributed by atoms with E-state index in [4.69, 9.17) is 0 Å². The van der Waals surface area contributed by atoms with Crippen LogP contribution in [0, 0.1) is 0 Å². The van der Waals surface area contributed by atoms with Crippen molar-refractivity contribution in [3.8, 4) is 0 Å². The van der Waals surface area contributed by atoms with Crippen molar-refractivity contribution in [3.05, 3.63) is 0 Å². The molecule has 0 aromatic heterocycles. The van der Waals surface area contributed by atoms with Gasteiger partial charge in [-0.2, -0.15) is 0 Å². The van der Waals surface area contributed by atoms with E-state index >= 15 is 0 Å². The molecular weight excluding hydrogens is 474 g/mol. The maximum atomic E-state index is 2.86. The van der Waals surface area contributed by atoms with Crippen LogP contribution in [0.3, 0.4) is 0 Å². The maximum Gasteiger partial charge on any atom is 0.0110 e. The minimum absolute atomic E-state index is 1.29. The second-order valence-electron chi connectivity index (χ2n) is 12.9. The predicted molar refractivity (Wildman–Crippen MR) is 177 cm³/mol. The molecule has 0 amide bonds. The van der Waals surface area contributed by atoms with Crippen molar-refractivity contribution in [1.29, 1.82) is 0 Å².